The number of aryl methyl sites for hydroxylation is 1. The van der Waals surface area contributed by atoms with Crippen LogP contribution in [0.3, 0.4) is 0 Å². The lowest BCUT2D eigenvalue weighted by molar-refractivity contribution is -0.117. The minimum atomic E-state index is -3.98. The number of benzene rings is 4. The lowest BCUT2D eigenvalue weighted by Crippen LogP contribution is -2.45. The van der Waals surface area contributed by atoms with Crippen LogP contribution in [0.25, 0.3) is 10.8 Å². The quantitative estimate of drug-likeness (QED) is 0.344. The molecule has 0 bridgehead atoms. The number of ether oxygens (including phenoxy) is 1. The van der Waals surface area contributed by atoms with Crippen molar-refractivity contribution in [2.75, 3.05) is 11.9 Å². The molecule has 35 heavy (non-hydrogen) atoms. The maximum absolute atomic E-state index is 13.4. The Bertz CT molecular complexity index is 1430. The van der Waals surface area contributed by atoms with Gasteiger partial charge in [0.15, 0.2) is 0 Å². The Morgan fingerprint density at radius 3 is 2.37 bits per heavy atom. The van der Waals surface area contributed by atoms with Crippen molar-refractivity contribution in [3.63, 3.8) is 0 Å². The molecule has 0 aromatic heterocycles. The van der Waals surface area contributed by atoms with Crippen molar-refractivity contribution in [1.82, 2.24) is 4.72 Å². The molecule has 4 rings (SSSR count). The van der Waals surface area contributed by atoms with E-state index in [4.69, 9.17) is 4.74 Å². The molecular formula is C28H28N2O4S. The van der Waals surface area contributed by atoms with Gasteiger partial charge in [0.2, 0.25) is 15.9 Å². The van der Waals surface area contributed by atoms with Gasteiger partial charge in [-0.3, -0.25) is 4.79 Å². The van der Waals surface area contributed by atoms with Crippen molar-refractivity contribution in [1.29, 1.82) is 0 Å². The number of rotatable bonds is 9. The summed E-state index contributed by atoms with van der Waals surface area (Å²) >= 11 is 0. The molecule has 0 heterocycles. The van der Waals surface area contributed by atoms with E-state index in [0.717, 1.165) is 16.3 Å². The van der Waals surface area contributed by atoms with E-state index in [2.05, 4.69) is 10.0 Å². The van der Waals surface area contributed by atoms with Crippen LogP contribution >= 0.6 is 0 Å². The molecule has 0 spiro atoms. The highest BCUT2D eigenvalue weighted by Gasteiger charge is 2.27. The van der Waals surface area contributed by atoms with Crippen molar-refractivity contribution in [2.24, 2.45) is 0 Å². The van der Waals surface area contributed by atoms with Crippen LogP contribution in [0, 0.1) is 6.92 Å². The fraction of sp³-hybridized carbons (Fsp3) is 0.179. The first-order chi connectivity index (χ1) is 16.9. The van der Waals surface area contributed by atoms with Gasteiger partial charge < -0.3 is 10.1 Å². The van der Waals surface area contributed by atoms with Gasteiger partial charge in [0, 0.05) is 11.1 Å². The van der Waals surface area contributed by atoms with Crippen molar-refractivity contribution in [3.05, 3.63) is 102 Å². The van der Waals surface area contributed by atoms with Gasteiger partial charge in [-0.2, -0.15) is 4.72 Å². The predicted molar refractivity (Wildman–Crippen MR) is 139 cm³/mol. The Hall–Kier alpha value is -3.68. The molecule has 4 aromatic carbocycles. The molecule has 180 valence electrons. The summed E-state index contributed by atoms with van der Waals surface area (Å²) in [5.41, 5.74) is 2.17. The van der Waals surface area contributed by atoms with Crippen LogP contribution in [0.4, 0.5) is 5.69 Å². The van der Waals surface area contributed by atoms with Crippen LogP contribution < -0.4 is 14.8 Å². The van der Waals surface area contributed by atoms with E-state index >= 15 is 0 Å². The van der Waals surface area contributed by atoms with E-state index in [1.54, 1.807) is 19.1 Å². The van der Waals surface area contributed by atoms with Crippen molar-refractivity contribution in [2.45, 2.75) is 31.2 Å². The second-order valence-electron chi connectivity index (χ2n) is 8.24. The number of fused-ring (bicyclic) bond motifs is 1. The predicted octanol–water partition coefficient (Wildman–Crippen LogP) is 5.08. The average Bonchev–Trinajstić information content (AvgIpc) is 2.85. The van der Waals surface area contributed by atoms with Crippen LogP contribution in [0.15, 0.2) is 95.9 Å². The number of amides is 1. The largest absolute Gasteiger partial charge is 0.494 e. The number of hydrogen-bond donors (Lipinski definition) is 2. The van der Waals surface area contributed by atoms with E-state index in [0.29, 0.717) is 23.6 Å². The molecule has 0 saturated heterocycles. The second kappa shape index (κ2) is 10.7. The molecule has 2 N–H and O–H groups in total. The molecule has 4 aromatic rings. The summed E-state index contributed by atoms with van der Waals surface area (Å²) in [5.74, 6) is 0.192. The van der Waals surface area contributed by atoms with E-state index < -0.39 is 22.0 Å². The highest BCUT2D eigenvalue weighted by Crippen LogP contribution is 2.24. The molecule has 7 heteroatoms. The Morgan fingerprint density at radius 1 is 0.914 bits per heavy atom. The number of nitrogens with one attached hydrogen (secondary N) is 2. The third-order valence-electron chi connectivity index (χ3n) is 5.70. The van der Waals surface area contributed by atoms with Gasteiger partial charge in [-0.25, -0.2) is 8.42 Å². The standard InChI is InChI=1S/C28H28N2O4S/c1-3-34-27-17-16-23(18-20(27)2)35(32,33)30-26(19-21-10-5-4-6-11-21)28(31)29-25-15-9-13-22-12-7-8-14-24(22)25/h4-18,26,30H,3,19H2,1-2H3,(H,29,31). The lowest BCUT2D eigenvalue weighted by Gasteiger charge is -2.20. The molecule has 0 aliphatic heterocycles. The van der Waals surface area contributed by atoms with Gasteiger partial charge in [-0.1, -0.05) is 66.7 Å². The first-order valence-corrected chi connectivity index (χ1v) is 12.9. The van der Waals surface area contributed by atoms with Gasteiger partial charge in [-0.15, -0.1) is 0 Å². The van der Waals surface area contributed by atoms with Gasteiger partial charge >= 0.3 is 0 Å². The number of sulfonamides is 1. The van der Waals surface area contributed by atoms with Crippen LogP contribution in [-0.2, 0) is 21.2 Å². The molecule has 1 atom stereocenters. The van der Waals surface area contributed by atoms with E-state index in [9.17, 15) is 13.2 Å². The van der Waals surface area contributed by atoms with Gasteiger partial charge in [0.1, 0.15) is 11.8 Å². The third-order valence-corrected chi connectivity index (χ3v) is 7.17. The van der Waals surface area contributed by atoms with Crippen LogP contribution in [-0.4, -0.2) is 27.0 Å². The molecular weight excluding hydrogens is 460 g/mol. The van der Waals surface area contributed by atoms with Crippen LogP contribution in [0.1, 0.15) is 18.1 Å². The number of hydrogen-bond acceptors (Lipinski definition) is 4. The first-order valence-electron chi connectivity index (χ1n) is 11.5. The van der Waals surface area contributed by atoms with Crippen LogP contribution in [0.2, 0.25) is 0 Å². The Morgan fingerprint density at radius 2 is 1.63 bits per heavy atom. The van der Waals surface area contributed by atoms with Crippen molar-refractivity contribution >= 4 is 32.4 Å². The maximum atomic E-state index is 13.4. The SMILES string of the molecule is CCOc1ccc(S(=O)(=O)NC(Cc2ccccc2)C(=O)Nc2cccc3ccccc23)cc1C. The zero-order chi connectivity index (χ0) is 24.8. The molecule has 1 amide bonds. The molecule has 0 radical (unpaired) electrons. The Labute approximate surface area is 206 Å². The summed E-state index contributed by atoms with van der Waals surface area (Å²) in [6, 6.07) is 26.3. The van der Waals surface area contributed by atoms with E-state index in [-0.39, 0.29) is 11.3 Å². The van der Waals surface area contributed by atoms with Crippen LogP contribution in [0.5, 0.6) is 5.75 Å². The normalized spacial score (nSPS) is 12.3. The van der Waals surface area contributed by atoms with E-state index in [1.807, 2.05) is 79.7 Å². The zero-order valence-corrected chi connectivity index (χ0v) is 20.5. The summed E-state index contributed by atoms with van der Waals surface area (Å²) in [4.78, 5) is 13.5. The number of anilines is 1. The average molecular weight is 489 g/mol. The van der Waals surface area contributed by atoms with Crippen molar-refractivity contribution in [3.8, 4) is 5.75 Å². The summed E-state index contributed by atoms with van der Waals surface area (Å²) in [6.45, 7) is 4.14. The minimum Gasteiger partial charge on any atom is -0.494 e. The monoisotopic (exact) mass is 488 g/mol. The maximum Gasteiger partial charge on any atom is 0.242 e. The molecule has 0 fully saturated rings. The lowest BCUT2D eigenvalue weighted by atomic mass is 10.1. The first kappa shape index (κ1) is 24.4. The summed E-state index contributed by atoms with van der Waals surface area (Å²) in [5, 5.41) is 4.79. The third kappa shape index (κ3) is 5.88. The summed E-state index contributed by atoms with van der Waals surface area (Å²) in [6.07, 6.45) is 0.201. The molecule has 0 saturated carbocycles. The summed E-state index contributed by atoms with van der Waals surface area (Å²) < 4.78 is 34.7. The minimum absolute atomic E-state index is 0.0782. The number of carbonyl (C=O) groups excluding carboxylic acids is 1. The second-order valence-corrected chi connectivity index (χ2v) is 9.95. The molecule has 0 aliphatic rings. The Kier molecular flexibility index (Phi) is 7.48. The van der Waals surface area contributed by atoms with Gasteiger partial charge in [0.25, 0.3) is 0 Å². The molecule has 6 nitrogen and oxygen atoms in total. The van der Waals surface area contributed by atoms with Crippen molar-refractivity contribution < 1.29 is 17.9 Å². The fourth-order valence-electron chi connectivity index (χ4n) is 3.95. The highest BCUT2D eigenvalue weighted by molar-refractivity contribution is 7.89. The number of carbonyl (C=O) groups is 1. The Balaban J connectivity index is 1.63. The fourth-order valence-corrected chi connectivity index (χ4v) is 5.23. The van der Waals surface area contributed by atoms with Gasteiger partial charge in [0.05, 0.1) is 11.5 Å². The van der Waals surface area contributed by atoms with E-state index in [1.165, 1.54) is 6.07 Å². The smallest absolute Gasteiger partial charge is 0.242 e. The highest BCUT2D eigenvalue weighted by atomic mass is 32.2. The summed E-state index contributed by atoms with van der Waals surface area (Å²) in [7, 11) is -3.98. The topological polar surface area (TPSA) is 84.5 Å². The van der Waals surface area contributed by atoms with Gasteiger partial charge in [-0.05, 0) is 61.0 Å². The molecule has 0 aliphatic carbocycles. The molecule has 1 unspecified atom stereocenters. The zero-order valence-electron chi connectivity index (χ0n) is 19.7.